The topological polar surface area (TPSA) is 79.8 Å². The second-order valence-corrected chi connectivity index (χ2v) is 6.48. The van der Waals surface area contributed by atoms with E-state index in [1.165, 1.54) is 0 Å². The summed E-state index contributed by atoms with van der Waals surface area (Å²) >= 11 is 0. The molecule has 0 saturated carbocycles. The molecular weight excluding hydrogens is 350 g/mol. The minimum absolute atomic E-state index is 0.0357. The lowest BCUT2D eigenvalue weighted by atomic mass is 10.1. The summed E-state index contributed by atoms with van der Waals surface area (Å²) in [4.78, 5) is 24.9. The van der Waals surface area contributed by atoms with Gasteiger partial charge in [-0.15, -0.1) is 0 Å². The van der Waals surface area contributed by atoms with Gasteiger partial charge >= 0.3 is 0 Å². The lowest BCUT2D eigenvalue weighted by molar-refractivity contribution is 0.101. The smallest absolute Gasteiger partial charge is 0.229 e. The summed E-state index contributed by atoms with van der Waals surface area (Å²) in [5.74, 6) is 1.19. The van der Waals surface area contributed by atoms with E-state index in [1.807, 2.05) is 55.5 Å². The number of carbonyl (C=O) groups is 1. The molecule has 0 atom stereocenters. The Balaban J connectivity index is 1.61. The van der Waals surface area contributed by atoms with Gasteiger partial charge in [-0.3, -0.25) is 9.78 Å². The van der Waals surface area contributed by atoms with Crippen LogP contribution >= 0.6 is 0 Å². The van der Waals surface area contributed by atoms with Gasteiger partial charge in [0.05, 0.1) is 11.2 Å². The molecule has 4 aromatic rings. The van der Waals surface area contributed by atoms with E-state index in [4.69, 9.17) is 0 Å². The number of hydrogen-bond donors (Lipinski definition) is 2. The Hall–Kier alpha value is -3.80. The van der Waals surface area contributed by atoms with Crippen LogP contribution in [0.2, 0.25) is 0 Å². The lowest BCUT2D eigenvalue weighted by Gasteiger charge is -2.11. The van der Waals surface area contributed by atoms with Crippen molar-refractivity contribution < 1.29 is 4.79 Å². The van der Waals surface area contributed by atoms with Crippen LogP contribution in [-0.2, 0) is 0 Å². The van der Waals surface area contributed by atoms with Crippen LogP contribution in [0.5, 0.6) is 0 Å². The third kappa shape index (κ3) is 3.81. The second-order valence-electron chi connectivity index (χ2n) is 6.48. The predicted molar refractivity (Wildman–Crippen MR) is 112 cm³/mol. The molecule has 0 saturated heterocycles. The van der Waals surface area contributed by atoms with Crippen molar-refractivity contribution in [2.24, 2.45) is 0 Å². The standard InChI is InChI=1S/C22H19N5O/c1-14-13-20(26-19-7-3-5-17-6-4-12-23-21(17)19)27-22(24-14)25-18-10-8-16(9-11-18)15(2)28/h3-13H,1-2H3,(H2,24,25,26,27). The van der Waals surface area contributed by atoms with Crippen LogP contribution in [0.4, 0.5) is 23.1 Å². The number of rotatable bonds is 5. The molecule has 0 aliphatic rings. The monoisotopic (exact) mass is 369 g/mol. The van der Waals surface area contributed by atoms with Gasteiger partial charge in [-0.2, -0.15) is 4.98 Å². The molecule has 0 unspecified atom stereocenters. The van der Waals surface area contributed by atoms with Crippen molar-refractivity contribution in [2.75, 3.05) is 10.6 Å². The minimum atomic E-state index is 0.0357. The van der Waals surface area contributed by atoms with Crippen LogP contribution in [0.15, 0.2) is 66.9 Å². The highest BCUT2D eigenvalue weighted by Crippen LogP contribution is 2.25. The minimum Gasteiger partial charge on any atom is -0.338 e. The maximum atomic E-state index is 11.4. The van der Waals surface area contributed by atoms with E-state index in [1.54, 1.807) is 25.3 Å². The van der Waals surface area contributed by atoms with Gasteiger partial charge in [0.25, 0.3) is 0 Å². The van der Waals surface area contributed by atoms with Crippen molar-refractivity contribution in [3.05, 3.63) is 78.1 Å². The summed E-state index contributed by atoms with van der Waals surface area (Å²) in [6.45, 7) is 3.46. The van der Waals surface area contributed by atoms with Crippen LogP contribution in [0.3, 0.4) is 0 Å². The molecule has 6 nitrogen and oxygen atoms in total. The summed E-state index contributed by atoms with van der Waals surface area (Å²) in [6, 6.07) is 19.0. The van der Waals surface area contributed by atoms with Crippen LogP contribution in [0.1, 0.15) is 23.0 Å². The first-order valence-electron chi connectivity index (χ1n) is 8.93. The quantitative estimate of drug-likeness (QED) is 0.481. The number of aryl methyl sites for hydroxylation is 1. The van der Waals surface area contributed by atoms with E-state index in [0.717, 1.165) is 28.0 Å². The Morgan fingerprint density at radius 1 is 0.929 bits per heavy atom. The predicted octanol–water partition coefficient (Wildman–Crippen LogP) is 5.02. The van der Waals surface area contributed by atoms with E-state index >= 15 is 0 Å². The van der Waals surface area contributed by atoms with Crippen molar-refractivity contribution in [1.29, 1.82) is 0 Å². The summed E-state index contributed by atoms with van der Waals surface area (Å²) in [5.41, 5.74) is 4.08. The summed E-state index contributed by atoms with van der Waals surface area (Å²) in [5, 5.41) is 7.58. The van der Waals surface area contributed by atoms with Crippen LogP contribution in [0.25, 0.3) is 10.9 Å². The molecule has 4 rings (SSSR count). The van der Waals surface area contributed by atoms with E-state index in [9.17, 15) is 4.79 Å². The number of nitrogens with one attached hydrogen (secondary N) is 2. The molecule has 2 N–H and O–H groups in total. The zero-order valence-corrected chi connectivity index (χ0v) is 15.6. The molecule has 0 spiro atoms. The Morgan fingerprint density at radius 3 is 2.50 bits per heavy atom. The number of nitrogens with zero attached hydrogens (tertiary/aromatic N) is 3. The fourth-order valence-corrected chi connectivity index (χ4v) is 2.95. The molecule has 0 aliphatic carbocycles. The second kappa shape index (κ2) is 7.44. The van der Waals surface area contributed by atoms with E-state index in [0.29, 0.717) is 17.3 Å². The van der Waals surface area contributed by atoms with Crippen LogP contribution in [0, 0.1) is 6.92 Å². The molecule has 0 fully saturated rings. The molecule has 2 aromatic heterocycles. The maximum Gasteiger partial charge on any atom is 0.229 e. The zero-order chi connectivity index (χ0) is 19.5. The van der Waals surface area contributed by atoms with Gasteiger partial charge in [0, 0.05) is 34.6 Å². The number of para-hydroxylation sites is 1. The van der Waals surface area contributed by atoms with Gasteiger partial charge in [0.2, 0.25) is 5.95 Å². The number of hydrogen-bond acceptors (Lipinski definition) is 6. The number of ketones is 1. The fraction of sp³-hybridized carbons (Fsp3) is 0.0909. The lowest BCUT2D eigenvalue weighted by Crippen LogP contribution is -2.03. The maximum absolute atomic E-state index is 11.4. The molecule has 0 aliphatic heterocycles. The van der Waals surface area contributed by atoms with Crippen molar-refractivity contribution >= 4 is 39.8 Å². The number of aromatic nitrogens is 3. The van der Waals surface area contributed by atoms with E-state index < -0.39 is 0 Å². The number of carbonyl (C=O) groups excluding carboxylic acids is 1. The summed E-state index contributed by atoms with van der Waals surface area (Å²) in [7, 11) is 0. The normalized spacial score (nSPS) is 10.6. The number of Topliss-reactive ketones (excluding diaryl/α,β-unsaturated/α-hetero) is 1. The highest BCUT2D eigenvalue weighted by molar-refractivity contribution is 5.94. The van der Waals surface area contributed by atoms with Gasteiger partial charge in [0.15, 0.2) is 5.78 Å². The fourth-order valence-electron chi connectivity index (χ4n) is 2.95. The first kappa shape index (κ1) is 17.6. The summed E-state index contributed by atoms with van der Waals surface area (Å²) < 4.78 is 0. The van der Waals surface area contributed by atoms with Crippen LogP contribution in [-0.4, -0.2) is 20.7 Å². The molecule has 0 amide bonds. The van der Waals surface area contributed by atoms with E-state index in [2.05, 4.69) is 25.6 Å². The number of anilines is 4. The average Bonchev–Trinajstić information content (AvgIpc) is 2.68. The highest BCUT2D eigenvalue weighted by atomic mass is 16.1. The Kier molecular flexibility index (Phi) is 4.68. The third-order valence-electron chi connectivity index (χ3n) is 4.30. The molecule has 2 aromatic carbocycles. The molecule has 0 radical (unpaired) electrons. The number of benzene rings is 2. The molecule has 6 heteroatoms. The molecular formula is C22H19N5O. The van der Waals surface area contributed by atoms with E-state index in [-0.39, 0.29) is 5.78 Å². The molecule has 138 valence electrons. The highest BCUT2D eigenvalue weighted by Gasteiger charge is 2.07. The van der Waals surface area contributed by atoms with Crippen molar-refractivity contribution in [2.45, 2.75) is 13.8 Å². The van der Waals surface area contributed by atoms with Gasteiger partial charge in [-0.25, -0.2) is 4.98 Å². The SMILES string of the molecule is CC(=O)c1ccc(Nc2nc(C)cc(Nc3cccc4cccnc34)n2)cc1. The number of fused-ring (bicyclic) bond motifs is 1. The molecule has 0 bridgehead atoms. The van der Waals surface area contributed by atoms with Crippen molar-refractivity contribution in [1.82, 2.24) is 15.0 Å². The Morgan fingerprint density at radius 2 is 1.71 bits per heavy atom. The van der Waals surface area contributed by atoms with Gasteiger partial charge < -0.3 is 10.6 Å². The van der Waals surface area contributed by atoms with Crippen molar-refractivity contribution in [3.8, 4) is 0 Å². The van der Waals surface area contributed by atoms with Gasteiger partial charge in [-0.05, 0) is 50.2 Å². The van der Waals surface area contributed by atoms with Gasteiger partial charge in [0.1, 0.15) is 5.82 Å². The Labute approximate surface area is 162 Å². The third-order valence-corrected chi connectivity index (χ3v) is 4.30. The Bertz CT molecular complexity index is 1150. The number of pyridine rings is 1. The first-order valence-corrected chi connectivity index (χ1v) is 8.93. The molecule has 28 heavy (non-hydrogen) atoms. The van der Waals surface area contributed by atoms with Crippen molar-refractivity contribution in [3.63, 3.8) is 0 Å². The molecule has 2 heterocycles. The largest absolute Gasteiger partial charge is 0.338 e. The van der Waals surface area contributed by atoms with Gasteiger partial charge in [-0.1, -0.05) is 18.2 Å². The average molecular weight is 369 g/mol. The van der Waals surface area contributed by atoms with Crippen LogP contribution < -0.4 is 10.6 Å². The zero-order valence-electron chi connectivity index (χ0n) is 15.6. The first-order chi connectivity index (χ1) is 13.6. The summed E-state index contributed by atoms with van der Waals surface area (Å²) in [6.07, 6.45) is 1.77.